The number of hydrogen-bond donors (Lipinski definition) is 1. The molecule has 0 saturated carbocycles. The number of aliphatic hydroxyl groups is 1. The molecule has 1 amide bonds. The zero-order valence-corrected chi connectivity index (χ0v) is 28.9. The number of β-lactam (4-membered cyclic amide) rings is 1. The van der Waals surface area contributed by atoms with E-state index in [9.17, 15) is 19.7 Å². The van der Waals surface area contributed by atoms with Crippen LogP contribution in [0.1, 0.15) is 50.8 Å². The van der Waals surface area contributed by atoms with Gasteiger partial charge in [-0.3, -0.25) is 14.9 Å². The summed E-state index contributed by atoms with van der Waals surface area (Å²) < 4.78 is 17.8. The molecule has 11 nitrogen and oxygen atoms in total. The van der Waals surface area contributed by atoms with Gasteiger partial charge >= 0.3 is 5.97 Å². The number of thiazole rings is 1. The average molecular weight is 676 g/mol. The molecule has 2 aromatic rings. The number of amides is 1. The van der Waals surface area contributed by atoms with Crippen molar-refractivity contribution in [1.29, 1.82) is 0 Å². The van der Waals surface area contributed by atoms with Crippen molar-refractivity contribution in [3.63, 3.8) is 0 Å². The van der Waals surface area contributed by atoms with Gasteiger partial charge in [0.05, 0.1) is 58.9 Å². The SMILES string of the molecule is CC[Si](CC)(CC)O[C@H](C)[C@H]1C(=O)N2C(C(=O)OCc3ccc([N+](=O)[O-])cc3)=C(SC=Cc3scnc3COCCO)[C@H](C)[C@H]12. The Kier molecular flexibility index (Phi) is 12.1. The van der Waals surface area contributed by atoms with Crippen LogP contribution in [0.25, 0.3) is 6.08 Å². The number of aliphatic hydroxyl groups excluding tert-OH is 1. The zero-order valence-electron chi connectivity index (χ0n) is 26.3. The first-order valence-corrected chi connectivity index (χ1v) is 19.5. The number of carbonyl (C=O) groups is 2. The molecular formula is C31H41N3O8S2Si. The summed E-state index contributed by atoms with van der Waals surface area (Å²) in [6, 6.07) is 8.52. The van der Waals surface area contributed by atoms with E-state index in [0.717, 1.165) is 33.6 Å². The van der Waals surface area contributed by atoms with Gasteiger partial charge in [0, 0.05) is 23.0 Å². The summed E-state index contributed by atoms with van der Waals surface area (Å²) in [7, 11) is -1.97. The molecule has 14 heteroatoms. The van der Waals surface area contributed by atoms with Gasteiger partial charge in [-0.1, -0.05) is 39.5 Å². The summed E-state index contributed by atoms with van der Waals surface area (Å²) in [6.45, 7) is 10.8. The van der Waals surface area contributed by atoms with Crippen molar-refractivity contribution in [3.05, 3.63) is 72.0 Å². The van der Waals surface area contributed by atoms with Gasteiger partial charge < -0.3 is 23.9 Å². The van der Waals surface area contributed by atoms with Crippen LogP contribution in [0, 0.1) is 22.0 Å². The minimum absolute atomic E-state index is 0.0513. The number of benzene rings is 1. The summed E-state index contributed by atoms with van der Waals surface area (Å²) in [4.78, 5) is 45.5. The Morgan fingerprint density at radius 2 is 1.91 bits per heavy atom. The highest BCUT2D eigenvalue weighted by Gasteiger charge is 2.61. The number of nitro benzene ring substituents is 1. The average Bonchev–Trinajstić information content (AvgIpc) is 3.58. The molecule has 0 radical (unpaired) electrons. The predicted octanol–water partition coefficient (Wildman–Crippen LogP) is 6.11. The normalized spacial score (nSPS) is 20.4. The number of esters is 1. The lowest BCUT2D eigenvalue weighted by molar-refractivity contribution is -0.384. The van der Waals surface area contributed by atoms with Crippen LogP contribution in [0.15, 0.2) is 45.8 Å². The van der Waals surface area contributed by atoms with E-state index in [1.807, 2.05) is 25.3 Å². The first-order chi connectivity index (χ1) is 21.6. The molecule has 0 aliphatic carbocycles. The van der Waals surface area contributed by atoms with Crippen molar-refractivity contribution < 1.29 is 33.5 Å². The third kappa shape index (κ3) is 7.58. The Hall–Kier alpha value is -2.88. The fraction of sp³-hybridized carbons (Fsp3) is 0.516. The van der Waals surface area contributed by atoms with E-state index < -0.39 is 19.2 Å². The van der Waals surface area contributed by atoms with Gasteiger partial charge in [0.1, 0.15) is 12.3 Å². The monoisotopic (exact) mass is 675 g/mol. The zero-order chi connectivity index (χ0) is 32.7. The van der Waals surface area contributed by atoms with Crippen molar-refractivity contribution in [1.82, 2.24) is 9.88 Å². The quantitative estimate of drug-likeness (QED) is 0.0522. The number of hydrogen-bond acceptors (Lipinski definition) is 11. The van der Waals surface area contributed by atoms with E-state index in [-0.39, 0.29) is 67.7 Å². The molecule has 1 saturated heterocycles. The third-order valence-corrected chi connectivity index (χ3v) is 15.4. The highest BCUT2D eigenvalue weighted by Crippen LogP contribution is 2.52. The van der Waals surface area contributed by atoms with Gasteiger partial charge in [0.15, 0.2) is 8.32 Å². The van der Waals surface area contributed by atoms with E-state index >= 15 is 0 Å². The number of non-ortho nitro benzene ring substituents is 1. The van der Waals surface area contributed by atoms with Crippen LogP contribution in [0.5, 0.6) is 0 Å². The Morgan fingerprint density at radius 3 is 2.53 bits per heavy atom. The van der Waals surface area contributed by atoms with Crippen LogP contribution in [0.2, 0.25) is 18.1 Å². The molecule has 0 bridgehead atoms. The van der Waals surface area contributed by atoms with Crippen LogP contribution in [-0.4, -0.2) is 65.5 Å². The molecule has 3 heterocycles. The van der Waals surface area contributed by atoms with Gasteiger partial charge in [-0.05, 0) is 54.2 Å². The smallest absolute Gasteiger partial charge is 0.356 e. The number of carbonyl (C=O) groups excluding carboxylic acids is 2. The molecule has 45 heavy (non-hydrogen) atoms. The van der Waals surface area contributed by atoms with Crippen molar-refractivity contribution in [2.75, 3.05) is 13.2 Å². The fourth-order valence-corrected chi connectivity index (χ4v) is 10.7. The Labute approximate surface area is 272 Å². The Bertz CT molecular complexity index is 1420. The fourth-order valence-electron chi connectivity index (χ4n) is 5.98. The second-order valence-corrected chi connectivity index (χ2v) is 17.7. The summed E-state index contributed by atoms with van der Waals surface area (Å²) >= 11 is 2.83. The minimum Gasteiger partial charge on any atom is -0.456 e. The van der Waals surface area contributed by atoms with Crippen LogP contribution >= 0.6 is 23.1 Å². The maximum atomic E-state index is 13.7. The molecule has 4 atom stereocenters. The molecule has 244 valence electrons. The predicted molar refractivity (Wildman–Crippen MR) is 176 cm³/mol. The standard InChI is InChI=1S/C31H41N3O8S2Si/c1-6-45(7-2,8-3)42-21(5)26-27-20(4)29(43-16-13-25-24(32-19-44-25)18-40-15-14-35)28(33(27)30(26)36)31(37)41-17-22-9-11-23(12-10-22)34(38)39/h9-13,16,19-21,26-27,35H,6-8,14-15,17-18H2,1-5H3/t20-,21-,26-,27-/m1/s1. The van der Waals surface area contributed by atoms with Crippen molar-refractivity contribution in [3.8, 4) is 0 Å². The second-order valence-electron chi connectivity index (χ2n) is 11.2. The lowest BCUT2D eigenvalue weighted by Crippen LogP contribution is -2.65. The number of rotatable bonds is 17. The van der Waals surface area contributed by atoms with E-state index in [4.69, 9.17) is 19.0 Å². The van der Waals surface area contributed by atoms with Crippen LogP contribution in [0.4, 0.5) is 5.69 Å². The molecule has 1 N–H and O–H groups in total. The maximum Gasteiger partial charge on any atom is 0.356 e. The molecule has 2 aliphatic heterocycles. The molecule has 0 spiro atoms. The summed E-state index contributed by atoms with van der Waals surface area (Å²) in [5.74, 6) is -1.26. The van der Waals surface area contributed by atoms with E-state index in [1.54, 1.807) is 22.5 Å². The number of fused-ring (bicyclic) bond motifs is 1. The number of ether oxygens (including phenoxy) is 2. The summed E-state index contributed by atoms with van der Waals surface area (Å²) in [5, 5.41) is 21.9. The van der Waals surface area contributed by atoms with Gasteiger partial charge in [-0.25, -0.2) is 9.78 Å². The summed E-state index contributed by atoms with van der Waals surface area (Å²) in [6.07, 6.45) is 1.63. The highest BCUT2D eigenvalue weighted by atomic mass is 32.2. The maximum absolute atomic E-state index is 13.7. The van der Waals surface area contributed by atoms with Crippen molar-refractivity contribution >= 4 is 55.1 Å². The summed E-state index contributed by atoms with van der Waals surface area (Å²) in [5.41, 5.74) is 3.26. The van der Waals surface area contributed by atoms with E-state index in [0.29, 0.717) is 5.56 Å². The number of nitrogens with zero attached hydrogens (tertiary/aromatic N) is 3. The van der Waals surface area contributed by atoms with Crippen LogP contribution < -0.4 is 0 Å². The van der Waals surface area contributed by atoms with Gasteiger partial charge in [0.25, 0.3) is 5.69 Å². The van der Waals surface area contributed by atoms with Gasteiger partial charge in [0.2, 0.25) is 5.91 Å². The van der Waals surface area contributed by atoms with Crippen molar-refractivity contribution in [2.24, 2.45) is 11.8 Å². The van der Waals surface area contributed by atoms with Crippen LogP contribution in [0.3, 0.4) is 0 Å². The Balaban J connectivity index is 1.57. The van der Waals surface area contributed by atoms with Gasteiger partial charge in [-0.15, -0.1) is 11.3 Å². The molecule has 2 aliphatic rings. The molecular weight excluding hydrogens is 635 g/mol. The Morgan fingerprint density at radius 1 is 1.22 bits per heavy atom. The van der Waals surface area contributed by atoms with Crippen molar-refractivity contribution in [2.45, 2.75) is 78.1 Å². The number of thioether (sulfide) groups is 1. The molecule has 4 rings (SSSR count). The van der Waals surface area contributed by atoms with Crippen LogP contribution in [-0.2, 0) is 36.7 Å². The molecule has 1 aromatic heterocycles. The van der Waals surface area contributed by atoms with E-state index in [1.165, 1.54) is 35.2 Å². The largest absolute Gasteiger partial charge is 0.456 e. The number of aromatic nitrogens is 1. The lowest BCUT2D eigenvalue weighted by atomic mass is 9.79. The topological polar surface area (TPSA) is 141 Å². The number of nitro groups is 1. The second kappa shape index (κ2) is 15.6. The van der Waals surface area contributed by atoms with Gasteiger partial charge in [-0.2, -0.15) is 0 Å². The molecule has 1 fully saturated rings. The lowest BCUT2D eigenvalue weighted by Gasteiger charge is -2.49. The minimum atomic E-state index is -1.97. The van der Waals surface area contributed by atoms with E-state index in [2.05, 4.69) is 25.8 Å². The molecule has 1 aromatic carbocycles. The first kappa shape index (κ1) is 35.0. The third-order valence-electron chi connectivity index (χ3n) is 8.74. The first-order valence-electron chi connectivity index (χ1n) is 15.2. The molecule has 0 unspecified atom stereocenters. The highest BCUT2D eigenvalue weighted by molar-refractivity contribution is 8.06.